The van der Waals surface area contributed by atoms with Gasteiger partial charge < -0.3 is 14.8 Å². The number of ether oxygens (including phenoxy) is 2. The minimum absolute atomic E-state index is 0.252. The van der Waals surface area contributed by atoms with Crippen molar-refractivity contribution < 1.29 is 14.3 Å². The summed E-state index contributed by atoms with van der Waals surface area (Å²) >= 11 is 12.0. The Labute approximate surface area is 144 Å². The number of amides is 1. The maximum atomic E-state index is 12.4. The highest BCUT2D eigenvalue weighted by Crippen LogP contribution is 2.33. The lowest BCUT2D eigenvalue weighted by Gasteiger charge is -2.31. The number of halogens is 2. The van der Waals surface area contributed by atoms with Gasteiger partial charge in [-0.2, -0.15) is 0 Å². The van der Waals surface area contributed by atoms with Crippen LogP contribution in [-0.2, 0) is 11.3 Å². The topological polar surface area (TPSA) is 47.6 Å². The lowest BCUT2D eigenvalue weighted by molar-refractivity contribution is -0.133. The highest BCUT2D eigenvalue weighted by Gasteiger charge is 2.33. The van der Waals surface area contributed by atoms with Gasteiger partial charge in [0.25, 0.3) is 5.91 Å². The summed E-state index contributed by atoms with van der Waals surface area (Å²) in [4.78, 5) is 12.4. The summed E-state index contributed by atoms with van der Waals surface area (Å²) in [5, 5.41) is 3.88. The van der Waals surface area contributed by atoms with Gasteiger partial charge in [0.05, 0.1) is 0 Å². The number of para-hydroxylation sites is 2. The Morgan fingerprint density at radius 1 is 1.13 bits per heavy atom. The van der Waals surface area contributed by atoms with E-state index in [-0.39, 0.29) is 12.0 Å². The smallest absolute Gasteiger partial charge is 0.265 e. The van der Waals surface area contributed by atoms with Gasteiger partial charge in [0, 0.05) is 16.6 Å². The summed E-state index contributed by atoms with van der Waals surface area (Å²) in [7, 11) is 0. The summed E-state index contributed by atoms with van der Waals surface area (Å²) in [6.07, 6.45) is -1.10. The first kappa shape index (κ1) is 16.0. The van der Waals surface area contributed by atoms with Crippen LogP contribution in [0.1, 0.15) is 12.5 Å². The SMILES string of the molecule is CC1Oc2ccccc2OC1C(=O)NCc1ccc(Cl)cc1Cl. The van der Waals surface area contributed by atoms with Crippen LogP contribution in [0, 0.1) is 0 Å². The number of fused-ring (bicyclic) bond motifs is 1. The van der Waals surface area contributed by atoms with Crippen LogP contribution < -0.4 is 14.8 Å². The van der Waals surface area contributed by atoms with Gasteiger partial charge >= 0.3 is 0 Å². The molecule has 23 heavy (non-hydrogen) atoms. The third-order valence-corrected chi connectivity index (χ3v) is 4.16. The molecule has 120 valence electrons. The largest absolute Gasteiger partial charge is 0.482 e. The van der Waals surface area contributed by atoms with Crippen molar-refractivity contribution >= 4 is 29.1 Å². The van der Waals surface area contributed by atoms with Crippen molar-refractivity contribution in [2.24, 2.45) is 0 Å². The fraction of sp³-hybridized carbons (Fsp3) is 0.235. The van der Waals surface area contributed by atoms with Crippen molar-refractivity contribution in [2.45, 2.75) is 25.7 Å². The summed E-state index contributed by atoms with van der Waals surface area (Å²) in [5.41, 5.74) is 0.786. The minimum atomic E-state index is -0.712. The number of carbonyl (C=O) groups is 1. The zero-order valence-corrected chi connectivity index (χ0v) is 13.9. The Balaban J connectivity index is 1.66. The number of rotatable bonds is 3. The Morgan fingerprint density at radius 2 is 1.83 bits per heavy atom. The maximum absolute atomic E-state index is 12.4. The van der Waals surface area contributed by atoms with E-state index >= 15 is 0 Å². The van der Waals surface area contributed by atoms with Crippen molar-refractivity contribution in [1.82, 2.24) is 5.32 Å². The maximum Gasteiger partial charge on any atom is 0.265 e. The van der Waals surface area contributed by atoms with Crippen LogP contribution in [0.5, 0.6) is 11.5 Å². The third-order valence-electron chi connectivity index (χ3n) is 3.57. The van der Waals surface area contributed by atoms with Gasteiger partial charge in [-0.15, -0.1) is 0 Å². The molecule has 1 aliphatic rings. The van der Waals surface area contributed by atoms with Crippen LogP contribution in [0.25, 0.3) is 0 Å². The Hall–Kier alpha value is -1.91. The van der Waals surface area contributed by atoms with E-state index in [4.69, 9.17) is 32.7 Å². The summed E-state index contributed by atoms with van der Waals surface area (Å²) < 4.78 is 11.5. The normalized spacial score (nSPS) is 19.3. The lowest BCUT2D eigenvalue weighted by Crippen LogP contribution is -2.48. The van der Waals surface area contributed by atoms with E-state index in [1.807, 2.05) is 18.2 Å². The predicted octanol–water partition coefficient (Wildman–Crippen LogP) is 3.84. The summed E-state index contributed by atoms with van der Waals surface area (Å²) in [5.74, 6) is 0.957. The van der Waals surface area contributed by atoms with Gasteiger partial charge in [0.1, 0.15) is 6.10 Å². The van der Waals surface area contributed by atoms with Gasteiger partial charge in [-0.3, -0.25) is 4.79 Å². The third kappa shape index (κ3) is 3.54. The molecule has 2 aromatic carbocycles. The van der Waals surface area contributed by atoms with Crippen LogP contribution in [-0.4, -0.2) is 18.1 Å². The molecule has 0 aliphatic carbocycles. The molecule has 0 radical (unpaired) electrons. The predicted molar refractivity (Wildman–Crippen MR) is 89.3 cm³/mol. The Kier molecular flexibility index (Phi) is 4.64. The standard InChI is InChI=1S/C17H15Cl2NO3/c1-10-16(23-15-5-3-2-4-14(15)22-10)17(21)20-9-11-6-7-12(18)8-13(11)19/h2-8,10,16H,9H2,1H3,(H,20,21). The average molecular weight is 352 g/mol. The Bertz CT molecular complexity index is 736. The fourth-order valence-corrected chi connectivity index (χ4v) is 2.83. The van der Waals surface area contributed by atoms with E-state index < -0.39 is 6.10 Å². The molecule has 2 aromatic rings. The average Bonchev–Trinajstić information content (AvgIpc) is 2.53. The second kappa shape index (κ2) is 6.69. The number of benzene rings is 2. The second-order valence-electron chi connectivity index (χ2n) is 5.26. The quantitative estimate of drug-likeness (QED) is 0.913. The number of nitrogens with one attached hydrogen (secondary N) is 1. The van der Waals surface area contributed by atoms with Gasteiger partial charge in [-0.1, -0.05) is 41.4 Å². The molecule has 3 rings (SSSR count). The van der Waals surface area contributed by atoms with Crippen LogP contribution in [0.2, 0.25) is 10.0 Å². The summed E-state index contributed by atoms with van der Waals surface area (Å²) in [6, 6.07) is 12.4. The van der Waals surface area contributed by atoms with Crippen LogP contribution in [0.15, 0.2) is 42.5 Å². The van der Waals surface area contributed by atoms with E-state index in [0.29, 0.717) is 28.1 Å². The molecule has 2 unspecified atom stereocenters. The molecule has 1 aliphatic heterocycles. The molecule has 0 saturated heterocycles. The minimum Gasteiger partial charge on any atom is -0.482 e. The van der Waals surface area contributed by atoms with E-state index in [1.165, 1.54) is 0 Å². The van der Waals surface area contributed by atoms with Crippen LogP contribution in [0.4, 0.5) is 0 Å². The molecule has 0 fully saturated rings. The first-order valence-electron chi connectivity index (χ1n) is 7.18. The fourth-order valence-electron chi connectivity index (χ4n) is 2.35. The van der Waals surface area contributed by atoms with Gasteiger partial charge in [0.2, 0.25) is 6.10 Å². The van der Waals surface area contributed by atoms with E-state index in [0.717, 1.165) is 5.56 Å². The van der Waals surface area contributed by atoms with Crippen molar-refractivity contribution in [1.29, 1.82) is 0 Å². The van der Waals surface area contributed by atoms with Gasteiger partial charge in [-0.05, 0) is 36.8 Å². The highest BCUT2D eigenvalue weighted by atomic mass is 35.5. The van der Waals surface area contributed by atoms with Crippen LogP contribution in [0.3, 0.4) is 0 Å². The van der Waals surface area contributed by atoms with Gasteiger partial charge in [-0.25, -0.2) is 0 Å². The summed E-state index contributed by atoms with van der Waals surface area (Å²) in [6.45, 7) is 2.10. The van der Waals surface area contributed by atoms with Crippen molar-refractivity contribution in [2.75, 3.05) is 0 Å². The first-order valence-corrected chi connectivity index (χ1v) is 7.94. The molecule has 1 heterocycles. The molecule has 1 amide bonds. The molecule has 2 atom stereocenters. The number of carbonyl (C=O) groups excluding carboxylic acids is 1. The first-order chi connectivity index (χ1) is 11.0. The second-order valence-corrected chi connectivity index (χ2v) is 6.11. The van der Waals surface area contributed by atoms with Crippen molar-refractivity contribution in [3.8, 4) is 11.5 Å². The monoisotopic (exact) mass is 351 g/mol. The molecule has 0 spiro atoms. The zero-order chi connectivity index (χ0) is 16.4. The zero-order valence-electron chi connectivity index (χ0n) is 12.4. The van der Waals surface area contributed by atoms with Gasteiger partial charge in [0.15, 0.2) is 11.5 Å². The molecule has 0 bridgehead atoms. The molecule has 0 aromatic heterocycles. The highest BCUT2D eigenvalue weighted by molar-refractivity contribution is 6.35. The van der Waals surface area contributed by atoms with Crippen molar-refractivity contribution in [3.63, 3.8) is 0 Å². The van der Waals surface area contributed by atoms with E-state index in [9.17, 15) is 4.79 Å². The molecule has 4 nitrogen and oxygen atoms in total. The van der Waals surface area contributed by atoms with E-state index in [2.05, 4.69) is 5.32 Å². The van der Waals surface area contributed by atoms with Crippen molar-refractivity contribution in [3.05, 3.63) is 58.1 Å². The lowest BCUT2D eigenvalue weighted by atomic mass is 10.1. The molecule has 1 N–H and O–H groups in total. The Morgan fingerprint density at radius 3 is 2.52 bits per heavy atom. The molecular weight excluding hydrogens is 337 g/mol. The molecule has 0 saturated carbocycles. The van der Waals surface area contributed by atoms with E-state index in [1.54, 1.807) is 31.2 Å². The molecular formula is C17H15Cl2NO3. The molecule has 6 heteroatoms. The number of hydrogen-bond donors (Lipinski definition) is 1. The number of hydrogen-bond acceptors (Lipinski definition) is 3. The van der Waals surface area contributed by atoms with Crippen LogP contribution >= 0.6 is 23.2 Å².